The van der Waals surface area contributed by atoms with Gasteiger partial charge in [-0.2, -0.15) is 9.13 Å². The fourth-order valence-corrected chi connectivity index (χ4v) is 3.01. The Kier molecular flexibility index (Phi) is 4.70. The Bertz CT molecular complexity index is 804. The van der Waals surface area contributed by atoms with Crippen molar-refractivity contribution in [1.82, 2.24) is 0 Å². The molecule has 134 valence electrons. The van der Waals surface area contributed by atoms with Gasteiger partial charge in [0.2, 0.25) is 11.4 Å². The zero-order valence-corrected chi connectivity index (χ0v) is 16.8. The summed E-state index contributed by atoms with van der Waals surface area (Å²) >= 11 is 0. The molecule has 0 aliphatic carbocycles. The third-order valence-corrected chi connectivity index (χ3v) is 4.82. The van der Waals surface area contributed by atoms with Gasteiger partial charge in [-0.25, -0.2) is 0 Å². The molecule has 0 spiro atoms. The lowest BCUT2D eigenvalue weighted by atomic mass is 9.88. The lowest BCUT2D eigenvalue weighted by molar-refractivity contribution is -0.604. The Labute approximate surface area is 157 Å². The molecule has 0 amide bonds. The Hall–Kier alpha value is -2.48. The molecule has 2 heteroatoms. The minimum atomic E-state index is 0.172. The Morgan fingerprint density at radius 2 is 0.885 bits per heavy atom. The van der Waals surface area contributed by atoms with Gasteiger partial charge in [0, 0.05) is 36.4 Å². The lowest BCUT2D eigenvalue weighted by Crippen LogP contribution is -2.34. The molecule has 0 atom stereocenters. The van der Waals surface area contributed by atoms with Gasteiger partial charge in [-0.15, -0.1) is 0 Å². The van der Waals surface area contributed by atoms with Crippen LogP contribution in [0.5, 0.6) is 0 Å². The highest BCUT2D eigenvalue weighted by Crippen LogP contribution is 2.21. The first-order chi connectivity index (χ1) is 12.1. The molecule has 0 aliphatic rings. The summed E-state index contributed by atoms with van der Waals surface area (Å²) in [6, 6.07) is 17.4. The maximum Gasteiger partial charge on any atom is 0.217 e. The van der Waals surface area contributed by atoms with E-state index in [1.54, 1.807) is 0 Å². The number of pyridine rings is 2. The Morgan fingerprint density at radius 1 is 0.538 bits per heavy atom. The van der Waals surface area contributed by atoms with Gasteiger partial charge in [0.1, 0.15) is 0 Å². The van der Waals surface area contributed by atoms with Gasteiger partial charge < -0.3 is 0 Å². The molecule has 0 fully saturated rings. The molecule has 1 aromatic carbocycles. The predicted octanol–water partition coefficient (Wildman–Crippen LogP) is 4.84. The quantitative estimate of drug-likeness (QED) is 0.587. The third kappa shape index (κ3) is 4.01. The molecule has 0 unspecified atom stereocenters. The summed E-state index contributed by atoms with van der Waals surface area (Å²) < 4.78 is 4.34. The molecule has 0 bridgehead atoms. The number of benzene rings is 1. The zero-order chi connectivity index (χ0) is 18.9. The minimum Gasteiger partial charge on any atom is -0.167 e. The number of hydrogen-bond donors (Lipinski definition) is 0. The number of nitrogens with zero attached hydrogens (tertiary/aromatic N) is 2. The number of hydrogen-bond acceptors (Lipinski definition) is 0. The molecule has 0 saturated heterocycles. The summed E-state index contributed by atoms with van der Waals surface area (Å²) in [5.41, 5.74) is 5.36. The summed E-state index contributed by atoms with van der Waals surface area (Å²) in [6.45, 7) is 13.4. The van der Waals surface area contributed by atoms with E-state index in [0.717, 1.165) is 11.4 Å². The van der Waals surface area contributed by atoms with Gasteiger partial charge in [-0.3, -0.25) is 0 Å². The molecule has 0 aliphatic heterocycles. The monoisotopic (exact) mass is 346 g/mol. The predicted molar refractivity (Wildman–Crippen MR) is 107 cm³/mol. The van der Waals surface area contributed by atoms with Gasteiger partial charge in [0.15, 0.2) is 24.8 Å². The number of rotatable bonds is 2. The number of aromatic nitrogens is 2. The molecular weight excluding hydrogens is 316 g/mol. The van der Waals surface area contributed by atoms with E-state index in [9.17, 15) is 0 Å². The Morgan fingerprint density at radius 3 is 1.19 bits per heavy atom. The first-order valence-electron chi connectivity index (χ1n) is 9.29. The van der Waals surface area contributed by atoms with E-state index in [0.29, 0.717) is 0 Å². The van der Waals surface area contributed by atoms with E-state index >= 15 is 0 Å². The van der Waals surface area contributed by atoms with E-state index in [1.165, 1.54) is 11.1 Å². The van der Waals surface area contributed by atoms with Crippen LogP contribution in [-0.4, -0.2) is 0 Å². The molecule has 3 aromatic rings. The fourth-order valence-electron chi connectivity index (χ4n) is 3.01. The van der Waals surface area contributed by atoms with Crippen LogP contribution in [0.3, 0.4) is 0 Å². The SMILES string of the molecule is CC(C)(C)c1cc[n+](-c2cccc(-[n+]3ccc(C(C)(C)C)cc3)c2)cc1. The van der Waals surface area contributed by atoms with E-state index in [-0.39, 0.29) is 10.8 Å². The van der Waals surface area contributed by atoms with Crippen LogP contribution in [0.1, 0.15) is 52.7 Å². The van der Waals surface area contributed by atoms with Crippen molar-refractivity contribution < 1.29 is 9.13 Å². The van der Waals surface area contributed by atoms with Crippen molar-refractivity contribution >= 4 is 0 Å². The zero-order valence-electron chi connectivity index (χ0n) is 16.8. The van der Waals surface area contributed by atoms with E-state index in [4.69, 9.17) is 0 Å². The molecule has 2 nitrogen and oxygen atoms in total. The molecule has 3 rings (SSSR count). The van der Waals surface area contributed by atoms with Crippen molar-refractivity contribution in [3.8, 4) is 11.4 Å². The van der Waals surface area contributed by atoms with Crippen LogP contribution in [0.25, 0.3) is 11.4 Å². The van der Waals surface area contributed by atoms with Gasteiger partial charge in [-0.05, 0) is 28.0 Å². The highest BCUT2D eigenvalue weighted by atomic mass is 15.0. The first-order valence-corrected chi connectivity index (χ1v) is 9.29. The maximum absolute atomic E-state index is 2.24. The smallest absolute Gasteiger partial charge is 0.167 e. The standard InChI is InChI=1S/C24H30N2/c1-23(2,3)19-10-14-25(15-11-19)21-8-7-9-22(18-21)26-16-12-20(13-17-26)24(4,5)6/h7-18H,1-6H3/q+2. The summed E-state index contributed by atoms with van der Waals surface area (Å²) in [7, 11) is 0. The van der Waals surface area contributed by atoms with Gasteiger partial charge in [-0.1, -0.05) is 41.5 Å². The topological polar surface area (TPSA) is 7.76 Å². The second kappa shape index (κ2) is 6.68. The maximum atomic E-state index is 2.24. The van der Waals surface area contributed by atoms with Crippen molar-refractivity contribution in [3.05, 3.63) is 84.4 Å². The van der Waals surface area contributed by atoms with Gasteiger partial charge in [0.25, 0.3) is 0 Å². The normalized spacial score (nSPS) is 12.2. The average Bonchev–Trinajstić information content (AvgIpc) is 2.61. The largest absolute Gasteiger partial charge is 0.217 e. The van der Waals surface area contributed by atoms with Crippen LogP contribution in [-0.2, 0) is 10.8 Å². The van der Waals surface area contributed by atoms with Crippen molar-refractivity contribution in [2.24, 2.45) is 0 Å². The van der Waals surface area contributed by atoms with Crippen LogP contribution in [0.4, 0.5) is 0 Å². The molecule has 2 aromatic heterocycles. The molecule has 2 heterocycles. The van der Waals surface area contributed by atoms with Crippen molar-refractivity contribution in [1.29, 1.82) is 0 Å². The van der Waals surface area contributed by atoms with Crippen LogP contribution in [0.15, 0.2) is 73.3 Å². The van der Waals surface area contributed by atoms with E-state index in [1.807, 2.05) is 0 Å². The highest BCUT2D eigenvalue weighted by molar-refractivity contribution is 5.34. The van der Waals surface area contributed by atoms with Crippen molar-refractivity contribution in [2.45, 2.75) is 52.4 Å². The van der Waals surface area contributed by atoms with Gasteiger partial charge >= 0.3 is 0 Å². The average molecular weight is 347 g/mol. The van der Waals surface area contributed by atoms with Crippen molar-refractivity contribution in [2.75, 3.05) is 0 Å². The van der Waals surface area contributed by atoms with Crippen LogP contribution in [0.2, 0.25) is 0 Å². The van der Waals surface area contributed by atoms with Gasteiger partial charge in [0.05, 0.1) is 6.07 Å². The van der Waals surface area contributed by atoms with Crippen LogP contribution >= 0.6 is 0 Å². The Balaban J connectivity index is 1.91. The minimum absolute atomic E-state index is 0.172. The molecular formula is C24H30N2+2. The molecule has 0 N–H and O–H groups in total. The molecule has 0 radical (unpaired) electrons. The summed E-state index contributed by atoms with van der Waals surface area (Å²) in [6.07, 6.45) is 8.58. The summed E-state index contributed by atoms with van der Waals surface area (Å²) in [4.78, 5) is 0. The van der Waals surface area contributed by atoms with Crippen LogP contribution < -0.4 is 9.13 Å². The van der Waals surface area contributed by atoms with Crippen molar-refractivity contribution in [3.63, 3.8) is 0 Å². The molecule has 26 heavy (non-hydrogen) atoms. The van der Waals surface area contributed by atoms with E-state index < -0.39 is 0 Å². The van der Waals surface area contributed by atoms with Crippen LogP contribution in [0, 0.1) is 0 Å². The lowest BCUT2D eigenvalue weighted by Gasteiger charge is -2.17. The highest BCUT2D eigenvalue weighted by Gasteiger charge is 2.18. The first kappa shape index (κ1) is 18.3. The summed E-state index contributed by atoms with van der Waals surface area (Å²) in [5.74, 6) is 0. The second-order valence-electron chi connectivity index (χ2n) is 9.01. The summed E-state index contributed by atoms with van der Waals surface area (Å²) in [5, 5.41) is 0. The second-order valence-corrected chi connectivity index (χ2v) is 9.01. The third-order valence-electron chi connectivity index (χ3n) is 4.82. The fraction of sp³-hybridized carbons (Fsp3) is 0.333. The van der Waals surface area contributed by atoms with E-state index in [2.05, 4.69) is 124 Å². The molecule has 0 saturated carbocycles.